The van der Waals surface area contributed by atoms with E-state index in [4.69, 9.17) is 0 Å². The molecule has 2 N–H and O–H groups in total. The quantitative estimate of drug-likeness (QED) is 0.864. The summed E-state index contributed by atoms with van der Waals surface area (Å²) in [6.45, 7) is 4.96. The number of aromatic nitrogens is 1. The standard InChI is InChI=1S/C16H20N2O/c1-12-5-6-16(19)15(10-12)13(2)18-9-7-14-4-3-8-17-11-14/h3-6,8,10-11,13,18-19H,7,9H2,1-2H3. The van der Waals surface area contributed by atoms with Crippen molar-refractivity contribution < 1.29 is 5.11 Å². The smallest absolute Gasteiger partial charge is 0.120 e. The van der Waals surface area contributed by atoms with Crippen molar-refractivity contribution in [3.8, 4) is 5.75 Å². The predicted octanol–water partition coefficient (Wildman–Crippen LogP) is 2.99. The Labute approximate surface area is 114 Å². The van der Waals surface area contributed by atoms with E-state index in [1.807, 2.05) is 31.3 Å². The van der Waals surface area contributed by atoms with Crippen LogP contribution < -0.4 is 5.32 Å². The lowest BCUT2D eigenvalue weighted by Crippen LogP contribution is -2.21. The van der Waals surface area contributed by atoms with Gasteiger partial charge in [-0.2, -0.15) is 0 Å². The van der Waals surface area contributed by atoms with Crippen molar-refractivity contribution in [2.24, 2.45) is 0 Å². The zero-order chi connectivity index (χ0) is 13.7. The lowest BCUT2D eigenvalue weighted by molar-refractivity contribution is 0.453. The molecule has 2 aromatic rings. The molecule has 0 spiro atoms. The second-order valence-corrected chi connectivity index (χ2v) is 4.85. The van der Waals surface area contributed by atoms with Gasteiger partial charge in [-0.3, -0.25) is 4.98 Å². The van der Waals surface area contributed by atoms with E-state index in [0.29, 0.717) is 5.75 Å². The Balaban J connectivity index is 1.91. The van der Waals surface area contributed by atoms with Gasteiger partial charge in [0.25, 0.3) is 0 Å². The van der Waals surface area contributed by atoms with Crippen molar-refractivity contribution in [3.63, 3.8) is 0 Å². The molecule has 3 nitrogen and oxygen atoms in total. The number of benzene rings is 1. The number of aryl methyl sites for hydroxylation is 1. The second-order valence-electron chi connectivity index (χ2n) is 4.85. The van der Waals surface area contributed by atoms with Crippen LogP contribution in [0.15, 0.2) is 42.7 Å². The van der Waals surface area contributed by atoms with E-state index >= 15 is 0 Å². The minimum atomic E-state index is 0.136. The van der Waals surface area contributed by atoms with Gasteiger partial charge in [-0.1, -0.05) is 23.8 Å². The molecule has 100 valence electrons. The normalized spacial score (nSPS) is 12.3. The molecule has 0 saturated carbocycles. The fraction of sp³-hybridized carbons (Fsp3) is 0.312. The molecule has 0 aliphatic carbocycles. The minimum Gasteiger partial charge on any atom is -0.508 e. The molecule has 2 rings (SSSR count). The van der Waals surface area contributed by atoms with Crippen molar-refractivity contribution in [1.82, 2.24) is 10.3 Å². The lowest BCUT2D eigenvalue weighted by Gasteiger charge is -2.16. The van der Waals surface area contributed by atoms with Crippen LogP contribution >= 0.6 is 0 Å². The van der Waals surface area contributed by atoms with E-state index in [9.17, 15) is 5.11 Å². The predicted molar refractivity (Wildman–Crippen MR) is 77.2 cm³/mol. The van der Waals surface area contributed by atoms with Gasteiger partial charge in [0.15, 0.2) is 0 Å². The summed E-state index contributed by atoms with van der Waals surface area (Å²) in [5, 5.41) is 13.3. The largest absolute Gasteiger partial charge is 0.508 e. The van der Waals surface area contributed by atoms with Crippen molar-refractivity contribution >= 4 is 0 Å². The number of nitrogens with one attached hydrogen (secondary N) is 1. The Morgan fingerprint density at radius 2 is 2.16 bits per heavy atom. The Kier molecular flexibility index (Phi) is 4.53. The summed E-state index contributed by atoms with van der Waals surface area (Å²) in [5.74, 6) is 0.354. The van der Waals surface area contributed by atoms with Crippen LogP contribution in [0.2, 0.25) is 0 Å². The number of hydrogen-bond donors (Lipinski definition) is 2. The molecule has 0 amide bonds. The van der Waals surface area contributed by atoms with Crippen LogP contribution in [-0.2, 0) is 6.42 Å². The number of phenols is 1. The number of nitrogens with zero attached hydrogens (tertiary/aromatic N) is 1. The lowest BCUT2D eigenvalue weighted by atomic mass is 10.0. The average molecular weight is 256 g/mol. The van der Waals surface area contributed by atoms with Crippen LogP contribution in [0.3, 0.4) is 0 Å². The molecule has 0 fully saturated rings. The summed E-state index contributed by atoms with van der Waals surface area (Å²) in [4.78, 5) is 4.10. The highest BCUT2D eigenvalue weighted by atomic mass is 16.3. The zero-order valence-electron chi connectivity index (χ0n) is 11.4. The molecule has 19 heavy (non-hydrogen) atoms. The number of phenolic OH excluding ortho intramolecular Hbond substituents is 1. The Morgan fingerprint density at radius 1 is 1.32 bits per heavy atom. The molecule has 0 saturated heterocycles. The van der Waals surface area contributed by atoms with E-state index in [1.165, 1.54) is 5.56 Å². The number of hydrogen-bond acceptors (Lipinski definition) is 3. The fourth-order valence-electron chi connectivity index (χ4n) is 2.11. The maximum Gasteiger partial charge on any atom is 0.120 e. The molecule has 0 bridgehead atoms. The van der Waals surface area contributed by atoms with E-state index in [2.05, 4.69) is 23.3 Å². The van der Waals surface area contributed by atoms with Gasteiger partial charge in [-0.05, 0) is 44.5 Å². The number of pyridine rings is 1. The number of rotatable bonds is 5. The van der Waals surface area contributed by atoms with Gasteiger partial charge in [-0.25, -0.2) is 0 Å². The van der Waals surface area contributed by atoms with Crippen molar-refractivity contribution in [3.05, 3.63) is 59.4 Å². The summed E-state index contributed by atoms with van der Waals surface area (Å²) in [6, 6.07) is 9.85. The molecule has 1 heterocycles. The maximum atomic E-state index is 9.87. The molecular weight excluding hydrogens is 236 g/mol. The minimum absolute atomic E-state index is 0.136. The highest BCUT2D eigenvalue weighted by molar-refractivity contribution is 5.37. The third-order valence-corrected chi connectivity index (χ3v) is 3.24. The van der Waals surface area contributed by atoms with Gasteiger partial charge in [-0.15, -0.1) is 0 Å². The zero-order valence-corrected chi connectivity index (χ0v) is 11.4. The third-order valence-electron chi connectivity index (χ3n) is 3.24. The Morgan fingerprint density at radius 3 is 2.89 bits per heavy atom. The van der Waals surface area contributed by atoms with Gasteiger partial charge in [0, 0.05) is 24.0 Å². The second kappa shape index (κ2) is 6.34. The van der Waals surface area contributed by atoms with Gasteiger partial charge in [0.2, 0.25) is 0 Å². The summed E-state index contributed by atoms with van der Waals surface area (Å²) >= 11 is 0. The molecule has 1 aromatic heterocycles. The van der Waals surface area contributed by atoms with Crippen LogP contribution in [0, 0.1) is 6.92 Å². The monoisotopic (exact) mass is 256 g/mol. The Hall–Kier alpha value is -1.87. The van der Waals surface area contributed by atoms with E-state index in [1.54, 1.807) is 12.3 Å². The molecule has 0 radical (unpaired) electrons. The fourth-order valence-corrected chi connectivity index (χ4v) is 2.11. The first kappa shape index (κ1) is 13.6. The van der Waals surface area contributed by atoms with Gasteiger partial charge < -0.3 is 10.4 Å². The highest BCUT2D eigenvalue weighted by Crippen LogP contribution is 2.24. The molecular formula is C16H20N2O. The summed E-state index contributed by atoms with van der Waals surface area (Å²) in [6.07, 6.45) is 4.60. The van der Waals surface area contributed by atoms with Crippen LogP contribution in [0.1, 0.15) is 29.7 Å². The first-order valence-corrected chi connectivity index (χ1v) is 6.58. The Bertz CT molecular complexity index is 526. The van der Waals surface area contributed by atoms with Crippen LogP contribution in [0.4, 0.5) is 0 Å². The van der Waals surface area contributed by atoms with E-state index < -0.39 is 0 Å². The van der Waals surface area contributed by atoms with E-state index in [-0.39, 0.29) is 6.04 Å². The average Bonchev–Trinajstić information content (AvgIpc) is 2.42. The molecule has 1 unspecified atom stereocenters. The van der Waals surface area contributed by atoms with Crippen molar-refractivity contribution in [1.29, 1.82) is 0 Å². The maximum absolute atomic E-state index is 9.87. The van der Waals surface area contributed by atoms with Crippen LogP contribution in [0.25, 0.3) is 0 Å². The number of aromatic hydroxyl groups is 1. The van der Waals surface area contributed by atoms with E-state index in [0.717, 1.165) is 24.1 Å². The molecule has 0 aliphatic rings. The van der Waals surface area contributed by atoms with Gasteiger partial charge in [0.1, 0.15) is 5.75 Å². The van der Waals surface area contributed by atoms with Gasteiger partial charge >= 0.3 is 0 Å². The first-order chi connectivity index (χ1) is 9.16. The summed E-state index contributed by atoms with van der Waals surface area (Å²) in [7, 11) is 0. The van der Waals surface area contributed by atoms with Crippen molar-refractivity contribution in [2.75, 3.05) is 6.54 Å². The van der Waals surface area contributed by atoms with Crippen LogP contribution in [0.5, 0.6) is 5.75 Å². The topological polar surface area (TPSA) is 45.1 Å². The third kappa shape index (κ3) is 3.80. The van der Waals surface area contributed by atoms with Crippen molar-refractivity contribution in [2.45, 2.75) is 26.3 Å². The SMILES string of the molecule is Cc1ccc(O)c(C(C)NCCc2cccnc2)c1. The summed E-state index contributed by atoms with van der Waals surface area (Å²) < 4.78 is 0. The highest BCUT2D eigenvalue weighted by Gasteiger charge is 2.09. The first-order valence-electron chi connectivity index (χ1n) is 6.58. The summed E-state index contributed by atoms with van der Waals surface area (Å²) in [5.41, 5.74) is 3.33. The molecule has 1 atom stereocenters. The van der Waals surface area contributed by atoms with Crippen LogP contribution in [-0.4, -0.2) is 16.6 Å². The molecule has 3 heteroatoms. The molecule has 0 aliphatic heterocycles. The molecule has 1 aromatic carbocycles. The van der Waals surface area contributed by atoms with Gasteiger partial charge in [0.05, 0.1) is 0 Å².